The monoisotopic (exact) mass is 436 g/mol. The molecule has 0 saturated carbocycles. The minimum absolute atomic E-state index is 0.801. The molecular formula is C25H32O3Si2. The van der Waals surface area contributed by atoms with Gasteiger partial charge in [-0.2, -0.15) is 0 Å². The van der Waals surface area contributed by atoms with Gasteiger partial charge in [0.15, 0.2) is 0 Å². The zero-order valence-corrected chi connectivity index (χ0v) is 20.8. The standard InChI is InChI=1S/C25H32O3Si2/c1-29(2,3)27-23-16-12-21(13-17-23)25(26,20-10-8-7-9-11-20)22-14-18-24(19-15-22)28-30(4,5)6/h7-19,26H,1-6H3. The third-order valence-corrected chi connectivity index (χ3v) is 6.28. The Morgan fingerprint density at radius 3 is 1.20 bits per heavy atom. The van der Waals surface area contributed by atoms with E-state index in [1.807, 2.05) is 78.9 Å². The van der Waals surface area contributed by atoms with Gasteiger partial charge in [-0.15, -0.1) is 0 Å². The fraction of sp³-hybridized carbons (Fsp3) is 0.280. The van der Waals surface area contributed by atoms with Crippen LogP contribution in [0.5, 0.6) is 11.5 Å². The van der Waals surface area contributed by atoms with E-state index in [9.17, 15) is 5.11 Å². The van der Waals surface area contributed by atoms with Gasteiger partial charge in [0.2, 0.25) is 16.6 Å². The van der Waals surface area contributed by atoms with Crippen molar-refractivity contribution < 1.29 is 14.0 Å². The first kappa shape index (κ1) is 22.3. The Morgan fingerprint density at radius 1 is 0.533 bits per heavy atom. The van der Waals surface area contributed by atoms with E-state index in [0.29, 0.717) is 0 Å². The fourth-order valence-corrected chi connectivity index (χ4v) is 5.10. The molecule has 0 fully saturated rings. The zero-order valence-electron chi connectivity index (χ0n) is 18.8. The Morgan fingerprint density at radius 2 is 0.867 bits per heavy atom. The summed E-state index contributed by atoms with van der Waals surface area (Å²) in [6, 6.07) is 25.4. The maximum Gasteiger partial charge on any atom is 0.242 e. The van der Waals surface area contributed by atoms with Crippen LogP contribution in [-0.2, 0) is 5.60 Å². The van der Waals surface area contributed by atoms with Crippen LogP contribution in [0.15, 0.2) is 78.9 Å². The average Bonchev–Trinajstić information content (AvgIpc) is 2.67. The zero-order chi connectivity index (χ0) is 22.0. The fourth-order valence-electron chi connectivity index (χ4n) is 3.41. The summed E-state index contributed by atoms with van der Waals surface area (Å²) in [4.78, 5) is 0. The molecule has 0 aliphatic carbocycles. The van der Waals surface area contributed by atoms with Crippen molar-refractivity contribution in [3.05, 3.63) is 95.6 Å². The molecule has 3 nitrogen and oxygen atoms in total. The number of benzene rings is 3. The van der Waals surface area contributed by atoms with Crippen LogP contribution in [0, 0.1) is 0 Å². The molecule has 0 spiro atoms. The molecule has 0 aliphatic heterocycles. The summed E-state index contributed by atoms with van der Waals surface area (Å²) in [5, 5.41) is 12.0. The Balaban J connectivity index is 2.03. The maximum absolute atomic E-state index is 12.0. The van der Waals surface area contributed by atoms with Crippen LogP contribution in [0.25, 0.3) is 0 Å². The average molecular weight is 437 g/mol. The quantitative estimate of drug-likeness (QED) is 0.344. The van der Waals surface area contributed by atoms with Gasteiger partial charge in [0, 0.05) is 0 Å². The van der Waals surface area contributed by atoms with Crippen molar-refractivity contribution in [2.45, 2.75) is 44.9 Å². The molecule has 0 radical (unpaired) electrons. The Kier molecular flexibility index (Phi) is 6.27. The second-order valence-corrected chi connectivity index (χ2v) is 18.4. The summed E-state index contributed by atoms with van der Waals surface area (Å²) < 4.78 is 12.2. The van der Waals surface area contributed by atoms with Crippen LogP contribution in [0.1, 0.15) is 16.7 Å². The van der Waals surface area contributed by atoms with Crippen LogP contribution < -0.4 is 8.85 Å². The number of aliphatic hydroxyl groups is 1. The Bertz CT molecular complexity index is 895. The number of hydrogen-bond donors (Lipinski definition) is 1. The maximum atomic E-state index is 12.0. The highest BCUT2D eigenvalue weighted by Crippen LogP contribution is 2.38. The molecule has 158 valence electrons. The van der Waals surface area contributed by atoms with Gasteiger partial charge < -0.3 is 14.0 Å². The third-order valence-electron chi connectivity index (χ3n) is 4.58. The molecule has 0 unspecified atom stereocenters. The summed E-state index contributed by atoms with van der Waals surface area (Å²) >= 11 is 0. The lowest BCUT2D eigenvalue weighted by Gasteiger charge is -2.31. The minimum atomic E-state index is -1.69. The molecule has 0 amide bonds. The van der Waals surface area contributed by atoms with E-state index >= 15 is 0 Å². The molecule has 3 aromatic rings. The first-order chi connectivity index (χ1) is 14.0. The van der Waals surface area contributed by atoms with Crippen molar-refractivity contribution in [2.24, 2.45) is 0 Å². The molecule has 0 heterocycles. The molecule has 5 heteroatoms. The first-order valence-corrected chi connectivity index (χ1v) is 17.2. The van der Waals surface area contributed by atoms with E-state index in [2.05, 4.69) is 39.3 Å². The normalized spacial score (nSPS) is 12.5. The molecule has 0 saturated heterocycles. The summed E-state index contributed by atoms with van der Waals surface area (Å²) in [5.41, 5.74) is 1.16. The van der Waals surface area contributed by atoms with Crippen molar-refractivity contribution in [3.63, 3.8) is 0 Å². The molecular weight excluding hydrogens is 404 g/mol. The largest absolute Gasteiger partial charge is 0.544 e. The van der Waals surface area contributed by atoms with Crippen molar-refractivity contribution in [3.8, 4) is 11.5 Å². The highest BCUT2D eigenvalue weighted by atomic mass is 28.4. The first-order valence-electron chi connectivity index (χ1n) is 10.3. The third kappa shape index (κ3) is 5.42. The van der Waals surface area contributed by atoms with Gasteiger partial charge in [-0.25, -0.2) is 0 Å². The van der Waals surface area contributed by atoms with E-state index in [-0.39, 0.29) is 0 Å². The van der Waals surface area contributed by atoms with Crippen LogP contribution in [0.4, 0.5) is 0 Å². The molecule has 0 bridgehead atoms. The summed E-state index contributed by atoms with van der Waals surface area (Å²) in [5.74, 6) is 1.68. The molecule has 30 heavy (non-hydrogen) atoms. The van der Waals surface area contributed by atoms with Crippen molar-refractivity contribution in [2.75, 3.05) is 0 Å². The topological polar surface area (TPSA) is 38.7 Å². The van der Waals surface area contributed by atoms with Gasteiger partial charge in [0.1, 0.15) is 17.1 Å². The van der Waals surface area contributed by atoms with Crippen molar-refractivity contribution in [1.29, 1.82) is 0 Å². The molecule has 3 rings (SSSR count). The molecule has 0 aliphatic rings. The lowest BCUT2D eigenvalue weighted by atomic mass is 9.80. The van der Waals surface area contributed by atoms with Crippen LogP contribution >= 0.6 is 0 Å². The van der Waals surface area contributed by atoms with Gasteiger partial charge in [0.05, 0.1) is 0 Å². The van der Waals surface area contributed by atoms with Gasteiger partial charge in [-0.1, -0.05) is 54.6 Å². The second kappa shape index (κ2) is 8.42. The van der Waals surface area contributed by atoms with E-state index in [1.54, 1.807) is 0 Å². The highest BCUT2D eigenvalue weighted by Gasteiger charge is 2.34. The van der Waals surface area contributed by atoms with Crippen LogP contribution in [0.2, 0.25) is 39.3 Å². The predicted octanol–water partition coefficient (Wildman–Crippen LogP) is 6.40. The summed E-state index contributed by atoms with van der Waals surface area (Å²) in [6.45, 7) is 12.9. The summed E-state index contributed by atoms with van der Waals surface area (Å²) in [6.07, 6.45) is 0. The van der Waals surface area contributed by atoms with Crippen molar-refractivity contribution in [1.82, 2.24) is 0 Å². The minimum Gasteiger partial charge on any atom is -0.544 e. The number of hydrogen-bond acceptors (Lipinski definition) is 3. The Labute approximate surface area is 182 Å². The molecule has 0 atom stereocenters. The van der Waals surface area contributed by atoms with Crippen LogP contribution in [0.3, 0.4) is 0 Å². The second-order valence-electron chi connectivity index (χ2n) is 9.55. The lowest BCUT2D eigenvalue weighted by Crippen LogP contribution is -2.31. The van der Waals surface area contributed by atoms with Crippen molar-refractivity contribution >= 4 is 16.6 Å². The van der Waals surface area contributed by atoms with E-state index in [1.165, 1.54) is 0 Å². The van der Waals surface area contributed by atoms with E-state index in [4.69, 9.17) is 8.85 Å². The van der Waals surface area contributed by atoms with Crippen LogP contribution in [-0.4, -0.2) is 21.7 Å². The van der Waals surface area contributed by atoms with Gasteiger partial charge in [-0.05, 0) is 80.2 Å². The smallest absolute Gasteiger partial charge is 0.242 e. The molecule has 3 aromatic carbocycles. The molecule has 1 N–H and O–H groups in total. The van der Waals surface area contributed by atoms with Gasteiger partial charge >= 0.3 is 0 Å². The van der Waals surface area contributed by atoms with Gasteiger partial charge in [-0.3, -0.25) is 0 Å². The highest BCUT2D eigenvalue weighted by molar-refractivity contribution is 6.70. The van der Waals surface area contributed by atoms with Gasteiger partial charge in [0.25, 0.3) is 0 Å². The molecule has 0 aromatic heterocycles. The summed E-state index contributed by atoms with van der Waals surface area (Å²) in [7, 11) is -3.38. The number of rotatable bonds is 7. The SMILES string of the molecule is C[Si](C)(C)Oc1ccc(C(O)(c2ccccc2)c2ccc(O[Si](C)(C)C)cc2)cc1. The predicted molar refractivity (Wildman–Crippen MR) is 129 cm³/mol. The Hall–Kier alpha value is -2.35. The lowest BCUT2D eigenvalue weighted by molar-refractivity contribution is 0.125. The van der Waals surface area contributed by atoms with E-state index in [0.717, 1.165) is 28.2 Å². The van der Waals surface area contributed by atoms with E-state index < -0.39 is 22.2 Å².